The molecule has 2 heterocycles. The molecule has 1 aromatic rings. The van der Waals surface area contributed by atoms with Crippen LogP contribution in [0.1, 0.15) is 31.2 Å². The van der Waals surface area contributed by atoms with Gasteiger partial charge in [-0.2, -0.15) is 0 Å². The Kier molecular flexibility index (Phi) is 2.53. The van der Waals surface area contributed by atoms with E-state index in [9.17, 15) is 0 Å². The van der Waals surface area contributed by atoms with Crippen LogP contribution >= 0.6 is 21.0 Å². The molecule has 0 radical (unpaired) electrons. The van der Waals surface area contributed by atoms with Gasteiger partial charge in [0.25, 0.3) is 0 Å². The van der Waals surface area contributed by atoms with E-state index in [1.165, 1.54) is 0 Å². The number of rotatable bonds is 1. The van der Waals surface area contributed by atoms with Crippen LogP contribution in [0, 0.1) is 0 Å². The van der Waals surface area contributed by atoms with Gasteiger partial charge in [0.1, 0.15) is 0 Å². The summed E-state index contributed by atoms with van der Waals surface area (Å²) in [5.41, 5.74) is 3.26. The van der Waals surface area contributed by atoms with Gasteiger partial charge in [-0.3, -0.25) is 4.98 Å². The highest BCUT2D eigenvalue weighted by atomic mass is 127. The van der Waals surface area contributed by atoms with E-state index in [0.717, 1.165) is 17.1 Å². The third kappa shape index (κ3) is 1.85. The fourth-order valence-electron chi connectivity index (χ4n) is 1.17. The average Bonchev–Trinajstić information content (AvgIpc) is 2.17. The van der Waals surface area contributed by atoms with Crippen molar-refractivity contribution in [3.05, 3.63) is 27.6 Å². The highest BCUT2D eigenvalue weighted by Crippen LogP contribution is 2.30. The lowest BCUT2D eigenvalue weighted by Gasteiger charge is -2.08. The van der Waals surface area contributed by atoms with E-state index < -0.39 is 0 Å². The molecule has 68 valence electrons. The van der Waals surface area contributed by atoms with E-state index in [1.54, 1.807) is 0 Å². The molecule has 0 aromatic carbocycles. The van der Waals surface area contributed by atoms with Crippen LogP contribution in [-0.4, -0.2) is 4.98 Å². The van der Waals surface area contributed by atoms with Gasteiger partial charge in [-0.15, -0.1) is 0 Å². The molecule has 1 aromatic heterocycles. The Hall–Kier alpha value is -0.580. The average molecular weight is 286 g/mol. The van der Waals surface area contributed by atoms with Gasteiger partial charge in [0.2, 0.25) is 0 Å². The smallest absolute Gasteiger partial charge is 0.0948 e. The first kappa shape index (κ1) is 8.99. The largest absolute Gasteiger partial charge is 0.251 e. The lowest BCUT2D eigenvalue weighted by Crippen LogP contribution is -1.94. The van der Waals surface area contributed by atoms with Crippen LogP contribution in [-0.2, 0) is 0 Å². The third-order valence-corrected chi connectivity index (χ3v) is 3.41. The standard InChI is InChI=1S/C10H11IN2/c1-7(2)8-3-4-10-9(12-8)5-6-11-13-10/h3-7H,1-2H3. The monoisotopic (exact) mass is 286 g/mol. The normalized spacial score (nSPS) is 14.1. The van der Waals surface area contributed by atoms with Gasteiger partial charge >= 0.3 is 0 Å². The molecule has 2 nitrogen and oxygen atoms in total. The van der Waals surface area contributed by atoms with Gasteiger partial charge in [-0.05, 0) is 28.2 Å². The van der Waals surface area contributed by atoms with Crippen molar-refractivity contribution in [2.75, 3.05) is 0 Å². The van der Waals surface area contributed by atoms with Gasteiger partial charge in [-0.1, -0.05) is 13.8 Å². The van der Waals surface area contributed by atoms with Gasteiger partial charge < -0.3 is 0 Å². The van der Waals surface area contributed by atoms with Crippen molar-refractivity contribution in [3.8, 4) is 0 Å². The molecule has 0 atom stereocenters. The molecule has 2 rings (SSSR count). The molecular formula is C10H11IN2. The summed E-state index contributed by atoms with van der Waals surface area (Å²) in [6.07, 6.45) is 2.10. The molecule has 0 unspecified atom stereocenters. The zero-order chi connectivity index (χ0) is 9.26. The molecule has 0 spiro atoms. The van der Waals surface area contributed by atoms with E-state index in [-0.39, 0.29) is 21.0 Å². The summed E-state index contributed by atoms with van der Waals surface area (Å²) in [5.74, 6) is 0.496. The molecule has 13 heavy (non-hydrogen) atoms. The molecule has 0 bridgehead atoms. The van der Waals surface area contributed by atoms with Crippen molar-refractivity contribution < 1.29 is 0 Å². The molecule has 3 heteroatoms. The predicted molar refractivity (Wildman–Crippen MR) is 63.5 cm³/mol. The molecule has 1 aliphatic heterocycles. The van der Waals surface area contributed by atoms with Gasteiger partial charge in [0.15, 0.2) is 0 Å². The zero-order valence-electron chi connectivity index (χ0n) is 7.66. The van der Waals surface area contributed by atoms with Crippen LogP contribution in [0.5, 0.6) is 0 Å². The third-order valence-electron chi connectivity index (χ3n) is 1.93. The molecule has 0 fully saturated rings. The summed E-state index contributed by atoms with van der Waals surface area (Å²) in [6.45, 7) is 4.32. The Morgan fingerprint density at radius 3 is 2.92 bits per heavy atom. The summed E-state index contributed by atoms with van der Waals surface area (Å²) in [7, 11) is 0. The lowest BCUT2D eigenvalue weighted by molar-refractivity contribution is 0.821. The van der Waals surface area contributed by atoms with Gasteiger partial charge in [0, 0.05) is 26.7 Å². The Morgan fingerprint density at radius 2 is 2.15 bits per heavy atom. The van der Waals surface area contributed by atoms with Crippen LogP contribution in [0.3, 0.4) is 0 Å². The van der Waals surface area contributed by atoms with Crippen molar-refractivity contribution in [2.45, 2.75) is 19.8 Å². The second-order valence-corrected chi connectivity index (χ2v) is 5.03. The second kappa shape index (κ2) is 3.65. The number of hydrogen-bond donors (Lipinski definition) is 0. The number of nitrogens with zero attached hydrogens (tertiary/aromatic N) is 2. The Bertz CT molecular complexity index is 381. The number of hydrogen-bond acceptors (Lipinski definition) is 2. The Morgan fingerprint density at radius 1 is 1.31 bits per heavy atom. The van der Waals surface area contributed by atoms with Gasteiger partial charge in [0.05, 0.1) is 11.4 Å². The molecule has 0 saturated carbocycles. The summed E-state index contributed by atoms with van der Waals surface area (Å²) >= 11 is -0.0955. The maximum absolute atomic E-state index is 4.55. The first-order chi connectivity index (χ1) is 6.27. The van der Waals surface area contributed by atoms with Crippen LogP contribution in [0.15, 0.2) is 19.4 Å². The lowest BCUT2D eigenvalue weighted by atomic mass is 10.1. The number of fused-ring (bicyclic) bond motifs is 1. The summed E-state index contributed by atoms with van der Waals surface area (Å²) < 4.78 is 6.61. The SMILES string of the molecule is CC(C)c1ccc2c(n1)C=CI=N2. The van der Waals surface area contributed by atoms with Crippen molar-refractivity contribution >= 4 is 32.8 Å². The maximum Gasteiger partial charge on any atom is 0.0948 e. The number of halogens is 1. The molecule has 0 saturated heterocycles. The minimum atomic E-state index is -0.0955. The fraction of sp³-hybridized carbons (Fsp3) is 0.300. The minimum absolute atomic E-state index is 0.0955. The highest BCUT2D eigenvalue weighted by molar-refractivity contribution is 14.2. The Balaban J connectivity index is 2.48. The van der Waals surface area contributed by atoms with Crippen LogP contribution < -0.4 is 0 Å². The van der Waals surface area contributed by atoms with Crippen molar-refractivity contribution in [1.29, 1.82) is 0 Å². The fourth-order valence-corrected chi connectivity index (χ4v) is 2.54. The van der Waals surface area contributed by atoms with Crippen LogP contribution in [0.4, 0.5) is 5.69 Å². The first-order valence-corrected chi connectivity index (χ1v) is 6.49. The quantitative estimate of drug-likeness (QED) is 0.717. The molecular weight excluding hydrogens is 275 g/mol. The van der Waals surface area contributed by atoms with Crippen molar-refractivity contribution in [2.24, 2.45) is 3.15 Å². The predicted octanol–water partition coefficient (Wildman–Crippen LogP) is 3.98. The van der Waals surface area contributed by atoms with Crippen molar-refractivity contribution in [1.82, 2.24) is 4.98 Å². The number of aromatic nitrogens is 1. The summed E-state index contributed by atoms with van der Waals surface area (Å²) in [4.78, 5) is 4.55. The van der Waals surface area contributed by atoms with Crippen LogP contribution in [0.25, 0.3) is 6.08 Å². The Labute approximate surface area is 88.2 Å². The van der Waals surface area contributed by atoms with E-state index in [2.05, 4.69) is 44.3 Å². The van der Waals surface area contributed by atoms with E-state index in [1.807, 2.05) is 0 Å². The zero-order valence-corrected chi connectivity index (χ0v) is 9.82. The molecule has 0 aliphatic carbocycles. The second-order valence-electron chi connectivity index (χ2n) is 3.27. The molecule has 0 amide bonds. The maximum atomic E-state index is 4.55. The van der Waals surface area contributed by atoms with E-state index >= 15 is 0 Å². The number of pyridine rings is 1. The molecule has 1 aliphatic rings. The van der Waals surface area contributed by atoms with Crippen LogP contribution in [0.2, 0.25) is 0 Å². The highest BCUT2D eigenvalue weighted by Gasteiger charge is 2.06. The summed E-state index contributed by atoms with van der Waals surface area (Å²) in [6, 6.07) is 4.16. The van der Waals surface area contributed by atoms with Crippen molar-refractivity contribution in [3.63, 3.8) is 0 Å². The van der Waals surface area contributed by atoms with Gasteiger partial charge in [-0.25, -0.2) is 3.15 Å². The van der Waals surface area contributed by atoms with E-state index in [4.69, 9.17) is 0 Å². The first-order valence-electron chi connectivity index (χ1n) is 4.28. The molecule has 0 N–H and O–H groups in total. The van der Waals surface area contributed by atoms with E-state index in [0.29, 0.717) is 5.92 Å². The summed E-state index contributed by atoms with van der Waals surface area (Å²) in [5, 5.41) is 0. The topological polar surface area (TPSA) is 25.2 Å². The minimum Gasteiger partial charge on any atom is -0.251 e.